The van der Waals surface area contributed by atoms with Crippen LogP contribution in [0.15, 0.2) is 24.3 Å². The summed E-state index contributed by atoms with van der Waals surface area (Å²) in [5, 5.41) is 0. The summed E-state index contributed by atoms with van der Waals surface area (Å²) >= 11 is 0. The Hall–Kier alpha value is -0.780. The molecule has 1 aromatic rings. The Morgan fingerprint density at radius 1 is 0.833 bits per heavy atom. The zero-order chi connectivity index (χ0) is 13.4. The molecule has 18 heavy (non-hydrogen) atoms. The van der Waals surface area contributed by atoms with Gasteiger partial charge in [0.05, 0.1) is 0 Å². The van der Waals surface area contributed by atoms with Crippen molar-refractivity contribution in [3.8, 4) is 0 Å². The average molecular weight is 246 g/mol. The van der Waals surface area contributed by atoms with Gasteiger partial charge in [0.2, 0.25) is 0 Å². The van der Waals surface area contributed by atoms with E-state index in [-0.39, 0.29) is 0 Å². The second kappa shape index (κ2) is 8.34. The zero-order valence-electron chi connectivity index (χ0n) is 12.7. The summed E-state index contributed by atoms with van der Waals surface area (Å²) in [7, 11) is 0. The van der Waals surface area contributed by atoms with Crippen LogP contribution in [0.5, 0.6) is 0 Å². The zero-order valence-corrected chi connectivity index (χ0v) is 12.7. The van der Waals surface area contributed by atoms with Crippen LogP contribution in [-0.4, -0.2) is 0 Å². The molecule has 0 heteroatoms. The van der Waals surface area contributed by atoms with Crippen LogP contribution in [0.25, 0.3) is 0 Å². The van der Waals surface area contributed by atoms with E-state index in [1.165, 1.54) is 44.1 Å². The Morgan fingerprint density at radius 2 is 1.44 bits per heavy atom. The Bertz CT molecular complexity index is 309. The maximum absolute atomic E-state index is 2.37. The van der Waals surface area contributed by atoms with Crippen molar-refractivity contribution in [1.82, 2.24) is 0 Å². The summed E-state index contributed by atoms with van der Waals surface area (Å²) in [5.41, 5.74) is 3.05. The lowest BCUT2D eigenvalue weighted by molar-refractivity contribution is 0.541. The third-order valence-electron chi connectivity index (χ3n) is 4.13. The number of unbranched alkanes of at least 4 members (excludes halogenated alkanes) is 1. The van der Waals surface area contributed by atoms with Gasteiger partial charge in [-0.2, -0.15) is 0 Å². The number of benzene rings is 1. The van der Waals surface area contributed by atoms with Crippen LogP contribution >= 0.6 is 0 Å². The Morgan fingerprint density at radius 3 is 1.94 bits per heavy atom. The minimum Gasteiger partial charge on any atom is -0.0654 e. The number of hydrogen-bond donors (Lipinski definition) is 0. The van der Waals surface area contributed by atoms with E-state index in [0.29, 0.717) is 5.92 Å². The molecule has 0 aromatic heterocycles. The van der Waals surface area contributed by atoms with Crippen molar-refractivity contribution in [2.45, 2.75) is 78.1 Å². The summed E-state index contributed by atoms with van der Waals surface area (Å²) in [4.78, 5) is 0. The van der Waals surface area contributed by atoms with E-state index in [9.17, 15) is 0 Å². The van der Waals surface area contributed by atoms with E-state index >= 15 is 0 Å². The van der Waals surface area contributed by atoms with Crippen molar-refractivity contribution in [2.75, 3.05) is 0 Å². The van der Waals surface area contributed by atoms with Crippen molar-refractivity contribution in [3.05, 3.63) is 35.4 Å². The lowest BCUT2D eigenvalue weighted by atomic mass is 9.88. The smallest absolute Gasteiger partial charge is 0.0162 e. The third kappa shape index (κ3) is 4.48. The molecule has 0 spiro atoms. The lowest BCUT2D eigenvalue weighted by Crippen LogP contribution is -2.00. The molecule has 0 aliphatic heterocycles. The van der Waals surface area contributed by atoms with Crippen molar-refractivity contribution in [2.24, 2.45) is 0 Å². The quantitative estimate of drug-likeness (QED) is 0.507. The summed E-state index contributed by atoms with van der Waals surface area (Å²) < 4.78 is 0. The molecule has 0 saturated carbocycles. The topological polar surface area (TPSA) is 0 Å². The van der Waals surface area contributed by atoms with Gasteiger partial charge in [-0.25, -0.2) is 0 Å². The fourth-order valence-corrected chi connectivity index (χ4v) is 2.61. The standard InChI is InChI=1S/C18H30/c1-5-8-10-17(9-6-2)18-13-11-16(12-14-18)15(4)7-3/h11-15,17H,5-10H2,1-4H3. The molecular formula is C18H30. The molecular weight excluding hydrogens is 216 g/mol. The van der Waals surface area contributed by atoms with Crippen LogP contribution < -0.4 is 0 Å². The first kappa shape index (κ1) is 15.3. The molecule has 0 nitrogen and oxygen atoms in total. The molecule has 0 fully saturated rings. The molecule has 0 aliphatic carbocycles. The number of rotatable bonds is 8. The van der Waals surface area contributed by atoms with Gasteiger partial charge in [-0.3, -0.25) is 0 Å². The van der Waals surface area contributed by atoms with Gasteiger partial charge in [0.25, 0.3) is 0 Å². The van der Waals surface area contributed by atoms with Crippen molar-refractivity contribution >= 4 is 0 Å². The highest BCUT2D eigenvalue weighted by molar-refractivity contribution is 5.27. The molecule has 1 aromatic carbocycles. The molecule has 2 atom stereocenters. The third-order valence-corrected chi connectivity index (χ3v) is 4.13. The van der Waals surface area contributed by atoms with Crippen LogP contribution in [0.3, 0.4) is 0 Å². The summed E-state index contributed by atoms with van der Waals surface area (Å²) in [6.07, 6.45) is 7.88. The average Bonchev–Trinajstić information content (AvgIpc) is 2.43. The number of hydrogen-bond acceptors (Lipinski definition) is 0. The fourth-order valence-electron chi connectivity index (χ4n) is 2.61. The maximum atomic E-state index is 2.37. The van der Waals surface area contributed by atoms with E-state index in [1.807, 2.05) is 0 Å². The van der Waals surface area contributed by atoms with Crippen LogP contribution in [0.4, 0.5) is 0 Å². The van der Waals surface area contributed by atoms with Gasteiger partial charge < -0.3 is 0 Å². The summed E-state index contributed by atoms with van der Waals surface area (Å²) in [6, 6.07) is 9.44. The first-order valence-corrected chi connectivity index (χ1v) is 7.82. The van der Waals surface area contributed by atoms with Crippen LogP contribution in [-0.2, 0) is 0 Å². The van der Waals surface area contributed by atoms with E-state index in [1.54, 1.807) is 5.56 Å². The predicted octanol–water partition coefficient (Wildman–Crippen LogP) is 6.27. The molecule has 0 saturated heterocycles. The van der Waals surface area contributed by atoms with E-state index in [4.69, 9.17) is 0 Å². The van der Waals surface area contributed by atoms with Crippen LogP contribution in [0, 0.1) is 0 Å². The van der Waals surface area contributed by atoms with E-state index in [2.05, 4.69) is 52.0 Å². The van der Waals surface area contributed by atoms with Crippen molar-refractivity contribution in [1.29, 1.82) is 0 Å². The van der Waals surface area contributed by atoms with Gasteiger partial charge in [-0.15, -0.1) is 0 Å². The lowest BCUT2D eigenvalue weighted by Gasteiger charge is -2.17. The first-order valence-electron chi connectivity index (χ1n) is 7.82. The molecule has 0 amide bonds. The Balaban J connectivity index is 2.73. The van der Waals surface area contributed by atoms with Crippen LogP contribution in [0.2, 0.25) is 0 Å². The predicted molar refractivity (Wildman–Crippen MR) is 82.3 cm³/mol. The molecule has 0 aliphatic rings. The molecule has 0 heterocycles. The molecule has 0 radical (unpaired) electrons. The Labute approximate surface area is 114 Å². The monoisotopic (exact) mass is 246 g/mol. The minimum atomic E-state index is 0.694. The van der Waals surface area contributed by atoms with Gasteiger partial charge in [0.1, 0.15) is 0 Å². The molecule has 0 bridgehead atoms. The van der Waals surface area contributed by atoms with E-state index < -0.39 is 0 Å². The van der Waals surface area contributed by atoms with Crippen molar-refractivity contribution in [3.63, 3.8) is 0 Å². The summed E-state index contributed by atoms with van der Waals surface area (Å²) in [5.74, 6) is 1.47. The highest BCUT2D eigenvalue weighted by Crippen LogP contribution is 2.28. The molecule has 102 valence electrons. The second-order valence-electron chi connectivity index (χ2n) is 5.60. The minimum absolute atomic E-state index is 0.694. The van der Waals surface area contributed by atoms with Gasteiger partial charge >= 0.3 is 0 Å². The fraction of sp³-hybridized carbons (Fsp3) is 0.667. The summed E-state index contributed by atoms with van der Waals surface area (Å²) in [6.45, 7) is 9.16. The van der Waals surface area contributed by atoms with Gasteiger partial charge in [-0.1, -0.05) is 71.2 Å². The highest BCUT2D eigenvalue weighted by Gasteiger charge is 2.11. The van der Waals surface area contributed by atoms with Gasteiger partial charge in [-0.05, 0) is 42.2 Å². The largest absolute Gasteiger partial charge is 0.0654 e. The Kier molecular flexibility index (Phi) is 7.08. The van der Waals surface area contributed by atoms with Crippen LogP contribution in [0.1, 0.15) is 89.2 Å². The molecule has 2 unspecified atom stereocenters. The van der Waals surface area contributed by atoms with Gasteiger partial charge in [0.15, 0.2) is 0 Å². The van der Waals surface area contributed by atoms with Gasteiger partial charge in [0, 0.05) is 0 Å². The highest BCUT2D eigenvalue weighted by atomic mass is 14.2. The SMILES string of the molecule is CCCCC(CCC)c1ccc(C(C)CC)cc1. The second-order valence-corrected chi connectivity index (χ2v) is 5.60. The normalized spacial score (nSPS) is 14.4. The molecule has 0 N–H and O–H groups in total. The molecule has 1 rings (SSSR count). The maximum Gasteiger partial charge on any atom is -0.0162 e. The van der Waals surface area contributed by atoms with Crippen molar-refractivity contribution < 1.29 is 0 Å². The van der Waals surface area contributed by atoms with E-state index in [0.717, 1.165) is 5.92 Å². The first-order chi connectivity index (χ1) is 8.72.